The van der Waals surface area contributed by atoms with Crippen molar-refractivity contribution < 1.29 is 9.53 Å². The summed E-state index contributed by atoms with van der Waals surface area (Å²) in [7, 11) is 1.82. The number of carbonyl (C=O) groups excluding carboxylic acids is 1. The standard InChI is InChI=1S/C18H31NO2/c1-15(2)16(20)14-17(19-12-8-5-9-13-19)18(21-3)10-6-4-7-11-18/h14-15H,4-13H2,1-3H3/b17-14+. The van der Waals surface area contributed by atoms with Crippen LogP contribution in [0.4, 0.5) is 0 Å². The lowest BCUT2D eigenvalue weighted by molar-refractivity contribution is -0.117. The molecule has 2 fully saturated rings. The molecule has 1 saturated heterocycles. The second-order valence-corrected chi connectivity index (χ2v) is 6.89. The minimum atomic E-state index is -0.222. The molecule has 0 amide bonds. The van der Waals surface area contributed by atoms with Crippen LogP contribution in [0.25, 0.3) is 0 Å². The Bertz CT molecular complexity index is 375. The summed E-state index contributed by atoms with van der Waals surface area (Å²) in [5.74, 6) is 0.292. The highest BCUT2D eigenvalue weighted by atomic mass is 16.5. The van der Waals surface area contributed by atoms with E-state index in [2.05, 4.69) is 4.90 Å². The average molecular weight is 293 g/mol. The molecule has 0 spiro atoms. The molecule has 1 heterocycles. The molecule has 3 nitrogen and oxygen atoms in total. The highest BCUT2D eigenvalue weighted by molar-refractivity contribution is 5.92. The van der Waals surface area contributed by atoms with Crippen LogP contribution in [0, 0.1) is 5.92 Å². The lowest BCUT2D eigenvalue weighted by atomic mass is 9.80. The summed E-state index contributed by atoms with van der Waals surface area (Å²) in [6.45, 7) is 6.10. The fourth-order valence-electron chi connectivity index (χ4n) is 3.63. The van der Waals surface area contributed by atoms with Crippen LogP contribution in [-0.2, 0) is 9.53 Å². The monoisotopic (exact) mass is 293 g/mol. The second kappa shape index (κ2) is 7.44. The van der Waals surface area contributed by atoms with Crippen LogP contribution >= 0.6 is 0 Å². The fraction of sp³-hybridized carbons (Fsp3) is 0.833. The van der Waals surface area contributed by atoms with Crippen molar-refractivity contribution >= 4 is 5.78 Å². The highest BCUT2D eigenvalue weighted by Gasteiger charge is 2.39. The number of methoxy groups -OCH3 is 1. The van der Waals surface area contributed by atoms with Crippen LogP contribution < -0.4 is 0 Å². The third kappa shape index (κ3) is 3.88. The Hall–Kier alpha value is -0.830. The Morgan fingerprint density at radius 1 is 1.05 bits per heavy atom. The van der Waals surface area contributed by atoms with Gasteiger partial charge in [0.05, 0.1) is 0 Å². The van der Waals surface area contributed by atoms with Gasteiger partial charge in [-0.05, 0) is 32.1 Å². The average Bonchev–Trinajstić information content (AvgIpc) is 2.53. The Morgan fingerprint density at radius 3 is 2.14 bits per heavy atom. The molecule has 120 valence electrons. The van der Waals surface area contributed by atoms with Crippen LogP contribution in [0.2, 0.25) is 0 Å². The van der Waals surface area contributed by atoms with Gasteiger partial charge in [0.1, 0.15) is 5.60 Å². The van der Waals surface area contributed by atoms with Crippen molar-refractivity contribution in [1.29, 1.82) is 0 Å². The third-order valence-corrected chi connectivity index (χ3v) is 5.06. The number of hydrogen-bond donors (Lipinski definition) is 0. The minimum absolute atomic E-state index is 0.0577. The Labute approximate surface area is 129 Å². The van der Waals surface area contributed by atoms with Gasteiger partial charge < -0.3 is 9.64 Å². The largest absolute Gasteiger partial charge is 0.372 e. The maximum atomic E-state index is 12.3. The summed E-state index contributed by atoms with van der Waals surface area (Å²) in [5, 5.41) is 0. The quantitative estimate of drug-likeness (QED) is 0.719. The zero-order valence-electron chi connectivity index (χ0n) is 14.0. The van der Waals surface area contributed by atoms with E-state index in [0.29, 0.717) is 0 Å². The van der Waals surface area contributed by atoms with Crippen molar-refractivity contribution in [1.82, 2.24) is 4.90 Å². The first kappa shape index (κ1) is 16.5. The zero-order valence-corrected chi connectivity index (χ0v) is 14.0. The summed E-state index contributed by atoms with van der Waals surface area (Å²) < 4.78 is 6.01. The summed E-state index contributed by atoms with van der Waals surface area (Å²) in [6, 6.07) is 0. The van der Waals surface area contributed by atoms with Crippen molar-refractivity contribution in [2.45, 2.75) is 70.8 Å². The van der Waals surface area contributed by atoms with E-state index in [-0.39, 0.29) is 17.3 Å². The number of allylic oxidation sites excluding steroid dienone is 1. The van der Waals surface area contributed by atoms with Crippen LogP contribution in [0.1, 0.15) is 65.2 Å². The smallest absolute Gasteiger partial charge is 0.160 e. The van der Waals surface area contributed by atoms with Crippen molar-refractivity contribution in [3.63, 3.8) is 0 Å². The minimum Gasteiger partial charge on any atom is -0.372 e. The molecule has 0 aromatic heterocycles. The van der Waals surface area contributed by atoms with Gasteiger partial charge in [-0.3, -0.25) is 4.79 Å². The van der Waals surface area contributed by atoms with Gasteiger partial charge in [-0.1, -0.05) is 33.1 Å². The van der Waals surface area contributed by atoms with Gasteiger partial charge in [0.2, 0.25) is 0 Å². The first-order chi connectivity index (χ1) is 10.1. The number of ether oxygens (including phenoxy) is 1. The molecule has 2 rings (SSSR count). The SMILES string of the molecule is COC1(/C(=C\C(=O)C(C)C)N2CCCCC2)CCCCC1. The fourth-order valence-corrected chi connectivity index (χ4v) is 3.63. The molecule has 0 radical (unpaired) electrons. The van der Waals surface area contributed by atoms with Gasteiger partial charge in [0.25, 0.3) is 0 Å². The number of piperidine rings is 1. The topological polar surface area (TPSA) is 29.5 Å². The Morgan fingerprint density at radius 2 is 1.62 bits per heavy atom. The van der Waals surface area contributed by atoms with Crippen LogP contribution in [0.3, 0.4) is 0 Å². The van der Waals surface area contributed by atoms with E-state index in [4.69, 9.17) is 4.74 Å². The molecule has 0 unspecified atom stereocenters. The molecule has 1 aliphatic heterocycles. The van der Waals surface area contributed by atoms with E-state index >= 15 is 0 Å². The molecule has 1 aliphatic carbocycles. The maximum absolute atomic E-state index is 12.3. The summed E-state index contributed by atoms with van der Waals surface area (Å²) in [6.07, 6.45) is 11.5. The number of carbonyl (C=O) groups is 1. The number of hydrogen-bond acceptors (Lipinski definition) is 3. The summed E-state index contributed by atoms with van der Waals surface area (Å²) in [5.41, 5.74) is 0.947. The van der Waals surface area contributed by atoms with E-state index in [0.717, 1.165) is 25.9 Å². The number of likely N-dealkylation sites (tertiary alicyclic amines) is 1. The van der Waals surface area contributed by atoms with E-state index < -0.39 is 0 Å². The van der Waals surface area contributed by atoms with Crippen LogP contribution in [0.15, 0.2) is 11.8 Å². The molecule has 3 heteroatoms. The normalized spacial score (nSPS) is 23.4. The number of ketones is 1. The van der Waals surface area contributed by atoms with Crippen molar-refractivity contribution in [3.05, 3.63) is 11.8 Å². The lowest BCUT2D eigenvalue weighted by Gasteiger charge is -2.44. The predicted octanol–water partition coefficient (Wildman–Crippen LogP) is 3.93. The van der Waals surface area contributed by atoms with Crippen molar-refractivity contribution in [2.75, 3.05) is 20.2 Å². The van der Waals surface area contributed by atoms with Gasteiger partial charge in [-0.15, -0.1) is 0 Å². The molecule has 2 aliphatic rings. The van der Waals surface area contributed by atoms with Gasteiger partial charge in [0.15, 0.2) is 5.78 Å². The molecule has 0 aromatic rings. The maximum Gasteiger partial charge on any atom is 0.160 e. The number of nitrogens with zero attached hydrogens (tertiary/aromatic N) is 1. The van der Waals surface area contributed by atoms with E-state index in [1.54, 1.807) is 0 Å². The van der Waals surface area contributed by atoms with E-state index in [9.17, 15) is 4.79 Å². The predicted molar refractivity (Wildman–Crippen MR) is 86.2 cm³/mol. The molecule has 0 bridgehead atoms. The highest BCUT2D eigenvalue weighted by Crippen LogP contribution is 2.39. The Kier molecular flexibility index (Phi) is 5.86. The van der Waals surface area contributed by atoms with Crippen molar-refractivity contribution in [3.8, 4) is 0 Å². The summed E-state index contributed by atoms with van der Waals surface area (Å²) >= 11 is 0. The molecule has 0 atom stereocenters. The van der Waals surface area contributed by atoms with Gasteiger partial charge >= 0.3 is 0 Å². The lowest BCUT2D eigenvalue weighted by Crippen LogP contribution is -2.45. The number of rotatable bonds is 5. The molecular weight excluding hydrogens is 262 g/mol. The second-order valence-electron chi connectivity index (χ2n) is 6.89. The molecule has 0 N–H and O–H groups in total. The van der Waals surface area contributed by atoms with Gasteiger partial charge in [-0.2, -0.15) is 0 Å². The van der Waals surface area contributed by atoms with Gasteiger partial charge in [0, 0.05) is 37.9 Å². The Balaban J connectivity index is 2.31. The van der Waals surface area contributed by atoms with Crippen molar-refractivity contribution in [2.24, 2.45) is 5.92 Å². The van der Waals surface area contributed by atoms with E-state index in [1.165, 1.54) is 44.2 Å². The first-order valence-corrected chi connectivity index (χ1v) is 8.65. The third-order valence-electron chi connectivity index (χ3n) is 5.06. The van der Waals surface area contributed by atoms with E-state index in [1.807, 2.05) is 27.0 Å². The zero-order chi connectivity index (χ0) is 15.3. The molecule has 1 saturated carbocycles. The van der Waals surface area contributed by atoms with Crippen LogP contribution in [-0.4, -0.2) is 36.5 Å². The molecular formula is C18H31NO2. The summed E-state index contributed by atoms with van der Waals surface area (Å²) in [4.78, 5) is 14.8. The van der Waals surface area contributed by atoms with Gasteiger partial charge in [-0.25, -0.2) is 0 Å². The first-order valence-electron chi connectivity index (χ1n) is 8.65. The molecule has 21 heavy (non-hydrogen) atoms. The van der Waals surface area contributed by atoms with Crippen LogP contribution in [0.5, 0.6) is 0 Å². The molecule has 0 aromatic carbocycles.